The number of hydrogen-bond acceptors (Lipinski definition) is 7. The van der Waals surface area contributed by atoms with Crippen LogP contribution in [0.4, 0.5) is 0 Å². The molecule has 0 saturated carbocycles. The molecule has 8 nitrogen and oxygen atoms in total. The largest absolute Gasteiger partial charge is 0.494 e. The van der Waals surface area contributed by atoms with Crippen molar-refractivity contribution in [2.45, 2.75) is 38.0 Å². The van der Waals surface area contributed by atoms with Crippen LogP contribution in [0.3, 0.4) is 0 Å². The van der Waals surface area contributed by atoms with Crippen LogP contribution in [0, 0.1) is 0 Å². The van der Waals surface area contributed by atoms with Gasteiger partial charge in [0.2, 0.25) is 5.90 Å². The average molecular weight is 750 g/mol. The van der Waals surface area contributed by atoms with E-state index in [1.165, 1.54) is 0 Å². The van der Waals surface area contributed by atoms with Crippen molar-refractivity contribution in [3.63, 3.8) is 0 Å². The Morgan fingerprint density at radius 2 is 1.41 bits per heavy atom. The average Bonchev–Trinajstić information content (AvgIpc) is 3.61. The molecule has 0 radical (unpaired) electrons. The summed E-state index contributed by atoms with van der Waals surface area (Å²) in [5.74, 6) is 2.21. The maximum atomic E-state index is 14.0. The third-order valence-corrected chi connectivity index (χ3v) is 8.98. The van der Waals surface area contributed by atoms with Crippen molar-refractivity contribution in [3.05, 3.63) is 160 Å². The third kappa shape index (κ3) is 9.99. The molecule has 5 aromatic rings. The monoisotopic (exact) mass is 748 g/mol. The molecule has 1 aliphatic heterocycles. The first-order valence-corrected chi connectivity index (χ1v) is 17.8. The van der Waals surface area contributed by atoms with Crippen LogP contribution in [0.5, 0.6) is 17.2 Å². The van der Waals surface area contributed by atoms with E-state index in [1.807, 2.05) is 127 Å². The topological polar surface area (TPSA) is 98.6 Å². The minimum atomic E-state index is -1.14. The van der Waals surface area contributed by atoms with Gasteiger partial charge in [-0.25, -0.2) is 4.99 Å². The number of hydrogen-bond donors (Lipinski definition) is 2. The fourth-order valence-electron chi connectivity index (χ4n) is 5.67. The first-order valence-electron chi connectivity index (χ1n) is 17.1. The van der Waals surface area contributed by atoms with Gasteiger partial charge in [0.15, 0.2) is 17.0 Å². The van der Waals surface area contributed by atoms with E-state index < -0.39 is 5.54 Å². The summed E-state index contributed by atoms with van der Waals surface area (Å²) in [6, 6.07) is 41.3. The number of nitrogens with zero attached hydrogens (tertiary/aromatic N) is 1. The molecule has 0 aliphatic carbocycles. The smallest absolute Gasteiger partial charge is 0.251 e. The van der Waals surface area contributed by atoms with Crippen LogP contribution in [0.15, 0.2) is 137 Å². The van der Waals surface area contributed by atoms with Gasteiger partial charge in [-0.05, 0) is 77.2 Å². The van der Waals surface area contributed by atoms with Crippen LogP contribution in [0.2, 0.25) is 0 Å². The van der Waals surface area contributed by atoms with Gasteiger partial charge in [0.05, 0.1) is 6.61 Å². The fraction of sp³-hybridized carbons (Fsp3) is 0.238. The summed E-state index contributed by atoms with van der Waals surface area (Å²) in [6.45, 7) is 1.84. The van der Waals surface area contributed by atoms with Gasteiger partial charge in [-0.15, -0.1) is 0 Å². The Balaban J connectivity index is 1.15. The molecule has 0 fully saturated rings. The normalized spacial score (nSPS) is 15.1. The van der Waals surface area contributed by atoms with E-state index >= 15 is 0 Å². The molecule has 0 spiro atoms. The Morgan fingerprint density at radius 1 is 0.765 bits per heavy atom. The summed E-state index contributed by atoms with van der Waals surface area (Å²) in [7, 11) is 0. The molecular formula is C42H41BrN2O6. The standard InChI is InChI=1S/C42H41BrN2O6/c43-36-17-12-32(13-18-36)27-42(30-51-40(45-42)35-15-19-37(20-16-35)48-25-7-24-46)41(47)44-23-22-31-14-21-38(49-28-33-8-3-1-4-9-33)39(26-31)50-29-34-10-5-2-6-11-34/h1-6,8-21,26,46H,7,22-25,27-30H2,(H,44,47)/t42-/m1/s1. The van der Waals surface area contributed by atoms with E-state index in [9.17, 15) is 4.79 Å². The van der Waals surface area contributed by atoms with Gasteiger partial charge in [0, 0.05) is 36.0 Å². The summed E-state index contributed by atoms with van der Waals surface area (Å²) in [6.07, 6.45) is 1.52. The molecule has 51 heavy (non-hydrogen) atoms. The zero-order valence-electron chi connectivity index (χ0n) is 28.3. The highest BCUT2D eigenvalue weighted by atomic mass is 79.9. The molecule has 0 aromatic heterocycles. The molecule has 0 bridgehead atoms. The highest BCUT2D eigenvalue weighted by Gasteiger charge is 2.44. The summed E-state index contributed by atoms with van der Waals surface area (Å²) in [5.41, 5.74) is 3.71. The van der Waals surface area contributed by atoms with Crippen molar-refractivity contribution in [2.24, 2.45) is 4.99 Å². The van der Waals surface area contributed by atoms with E-state index in [0.29, 0.717) is 68.8 Å². The number of rotatable bonds is 17. The van der Waals surface area contributed by atoms with Crippen LogP contribution >= 0.6 is 15.9 Å². The molecule has 1 amide bonds. The number of amides is 1. The van der Waals surface area contributed by atoms with Gasteiger partial charge >= 0.3 is 0 Å². The molecule has 5 aromatic carbocycles. The number of carbonyl (C=O) groups excluding carboxylic acids is 1. The molecule has 9 heteroatoms. The second-order valence-corrected chi connectivity index (χ2v) is 13.2. The lowest BCUT2D eigenvalue weighted by atomic mass is 9.91. The molecule has 2 N–H and O–H groups in total. The Hall–Kier alpha value is -5.12. The molecule has 6 rings (SSSR count). The van der Waals surface area contributed by atoms with Crippen LogP contribution in [-0.2, 0) is 35.6 Å². The van der Waals surface area contributed by atoms with Crippen molar-refractivity contribution in [1.29, 1.82) is 0 Å². The van der Waals surface area contributed by atoms with Crippen LogP contribution < -0.4 is 19.5 Å². The van der Waals surface area contributed by atoms with Crippen molar-refractivity contribution < 1.29 is 28.8 Å². The van der Waals surface area contributed by atoms with E-state index in [4.69, 9.17) is 29.0 Å². The Kier molecular flexibility index (Phi) is 12.4. The number of nitrogens with one attached hydrogen (secondary N) is 1. The highest BCUT2D eigenvalue weighted by molar-refractivity contribution is 9.10. The lowest BCUT2D eigenvalue weighted by Gasteiger charge is -2.23. The van der Waals surface area contributed by atoms with Gasteiger partial charge in [-0.2, -0.15) is 0 Å². The summed E-state index contributed by atoms with van der Waals surface area (Å²) in [5, 5.41) is 12.2. The number of carbonyl (C=O) groups is 1. The van der Waals surface area contributed by atoms with Gasteiger partial charge in [0.25, 0.3) is 5.91 Å². The van der Waals surface area contributed by atoms with Crippen molar-refractivity contribution in [2.75, 3.05) is 26.4 Å². The lowest BCUT2D eigenvalue weighted by molar-refractivity contribution is -0.126. The molecule has 0 unspecified atom stereocenters. The van der Waals surface area contributed by atoms with E-state index in [0.717, 1.165) is 32.3 Å². The van der Waals surface area contributed by atoms with Crippen molar-refractivity contribution >= 4 is 27.7 Å². The Bertz CT molecular complexity index is 1890. The maximum Gasteiger partial charge on any atom is 0.251 e. The predicted octanol–water partition coefficient (Wildman–Crippen LogP) is 7.49. The lowest BCUT2D eigenvalue weighted by Crippen LogP contribution is -2.48. The number of halogens is 1. The minimum Gasteiger partial charge on any atom is -0.494 e. The number of ether oxygens (including phenoxy) is 4. The Labute approximate surface area is 307 Å². The van der Waals surface area contributed by atoms with Gasteiger partial charge in [-0.1, -0.05) is 94.8 Å². The van der Waals surface area contributed by atoms with E-state index in [2.05, 4.69) is 21.2 Å². The molecular weight excluding hydrogens is 708 g/mol. The Morgan fingerprint density at radius 3 is 2.08 bits per heavy atom. The SMILES string of the molecule is O=C(NCCc1ccc(OCc2ccccc2)c(OCc2ccccc2)c1)[C@@]1(Cc2ccc(Br)cc2)COC(c2ccc(OCCCO)cc2)=N1. The molecule has 0 saturated heterocycles. The number of benzene rings is 5. The second kappa shape index (κ2) is 17.7. The van der Waals surface area contributed by atoms with Crippen molar-refractivity contribution in [3.8, 4) is 17.2 Å². The van der Waals surface area contributed by atoms with Crippen molar-refractivity contribution in [1.82, 2.24) is 5.32 Å². The zero-order valence-corrected chi connectivity index (χ0v) is 29.9. The number of aliphatic imine (C=N–C) groups is 1. The molecule has 1 aliphatic rings. The van der Waals surface area contributed by atoms with Gasteiger partial charge in [0.1, 0.15) is 25.6 Å². The van der Waals surface area contributed by atoms with Gasteiger partial charge in [-0.3, -0.25) is 4.79 Å². The first kappa shape index (κ1) is 35.7. The van der Waals surface area contributed by atoms with Crippen LogP contribution in [0.1, 0.15) is 34.2 Å². The summed E-state index contributed by atoms with van der Waals surface area (Å²) < 4.78 is 25.2. The van der Waals surface area contributed by atoms with Gasteiger partial charge < -0.3 is 29.4 Å². The first-order chi connectivity index (χ1) is 25.0. The van der Waals surface area contributed by atoms with Crippen LogP contribution in [0.25, 0.3) is 0 Å². The number of aliphatic hydroxyl groups excluding tert-OH is 1. The minimum absolute atomic E-state index is 0.0753. The van der Waals surface area contributed by atoms with E-state index in [-0.39, 0.29) is 19.1 Å². The second-order valence-electron chi connectivity index (χ2n) is 12.3. The number of aliphatic hydroxyl groups is 1. The zero-order chi connectivity index (χ0) is 35.3. The molecule has 262 valence electrons. The summed E-state index contributed by atoms with van der Waals surface area (Å²) in [4.78, 5) is 18.9. The fourth-order valence-corrected chi connectivity index (χ4v) is 5.93. The maximum absolute atomic E-state index is 14.0. The molecule has 1 heterocycles. The highest BCUT2D eigenvalue weighted by Crippen LogP contribution is 2.31. The third-order valence-electron chi connectivity index (χ3n) is 8.45. The summed E-state index contributed by atoms with van der Waals surface area (Å²) >= 11 is 3.50. The van der Waals surface area contributed by atoms with Crippen LogP contribution in [-0.4, -0.2) is 48.8 Å². The predicted molar refractivity (Wildman–Crippen MR) is 201 cm³/mol. The quantitative estimate of drug-likeness (QED) is 0.0958. The van der Waals surface area contributed by atoms with E-state index in [1.54, 1.807) is 0 Å². The molecule has 1 atom stereocenters.